The van der Waals surface area contributed by atoms with Crippen molar-refractivity contribution in [2.45, 2.75) is 19.9 Å². The summed E-state index contributed by atoms with van der Waals surface area (Å²) in [7, 11) is 0. The number of nitrogens with two attached hydrogens (primary N) is 1. The fraction of sp³-hybridized carbons (Fsp3) is 0.160. The number of aliphatic hydroxyl groups is 1. The van der Waals surface area contributed by atoms with E-state index in [9.17, 15) is 14.3 Å². The number of nitrogens with one attached hydrogen (secondary N) is 1. The zero-order valence-corrected chi connectivity index (χ0v) is 18.3. The van der Waals surface area contributed by atoms with Crippen molar-refractivity contribution in [3.05, 3.63) is 95.2 Å². The topological polar surface area (TPSA) is 106 Å². The lowest BCUT2D eigenvalue weighted by Crippen LogP contribution is -2.22. The molecule has 2 heterocycles. The van der Waals surface area contributed by atoms with Crippen LogP contribution in [0.5, 0.6) is 0 Å². The second kappa shape index (κ2) is 9.22. The van der Waals surface area contributed by atoms with E-state index in [0.29, 0.717) is 28.3 Å². The number of nitrogens with zero attached hydrogens (tertiary/aromatic N) is 3. The first-order valence-corrected chi connectivity index (χ1v) is 10.4. The smallest absolute Gasteiger partial charge is 0.265 e. The predicted molar refractivity (Wildman–Crippen MR) is 125 cm³/mol. The monoisotopic (exact) mass is 445 g/mol. The molecule has 4 rings (SSSR count). The van der Waals surface area contributed by atoms with E-state index in [4.69, 9.17) is 5.73 Å². The third-order valence-corrected chi connectivity index (χ3v) is 5.47. The predicted octanol–water partition coefficient (Wildman–Crippen LogP) is 4.13. The van der Waals surface area contributed by atoms with Gasteiger partial charge >= 0.3 is 0 Å². The molecule has 0 aliphatic carbocycles. The van der Waals surface area contributed by atoms with Gasteiger partial charge < -0.3 is 20.7 Å². The van der Waals surface area contributed by atoms with Crippen LogP contribution in [-0.2, 0) is 0 Å². The number of aryl methyl sites for hydroxylation is 2. The maximum atomic E-state index is 14.2. The molecule has 168 valence electrons. The molecule has 2 aromatic heterocycles. The summed E-state index contributed by atoms with van der Waals surface area (Å²) in [6.45, 7) is 3.18. The number of aromatic nitrogens is 3. The van der Waals surface area contributed by atoms with Crippen molar-refractivity contribution in [3.8, 4) is 11.3 Å². The number of aliphatic hydroxyl groups excluding tert-OH is 1. The van der Waals surface area contributed by atoms with Crippen LogP contribution in [0.15, 0.2) is 67.0 Å². The van der Waals surface area contributed by atoms with Gasteiger partial charge in [0.25, 0.3) is 5.91 Å². The van der Waals surface area contributed by atoms with Crippen molar-refractivity contribution >= 4 is 17.5 Å². The highest BCUT2D eigenvalue weighted by Crippen LogP contribution is 2.30. The Morgan fingerprint density at radius 1 is 1.15 bits per heavy atom. The van der Waals surface area contributed by atoms with E-state index in [0.717, 1.165) is 11.3 Å². The SMILES string of the molecule is Cc1ccc(C(CO)n2cc(-c3nc(Nc4ccccc4)ncc3C)cc2C(N)=O)cc1F. The van der Waals surface area contributed by atoms with Crippen molar-refractivity contribution in [1.29, 1.82) is 0 Å². The van der Waals surface area contributed by atoms with Gasteiger partial charge in [0.1, 0.15) is 11.5 Å². The Hall–Kier alpha value is -4.04. The van der Waals surface area contributed by atoms with Crippen molar-refractivity contribution < 1.29 is 14.3 Å². The number of para-hydroxylation sites is 1. The van der Waals surface area contributed by atoms with Crippen LogP contribution in [0.25, 0.3) is 11.3 Å². The van der Waals surface area contributed by atoms with Crippen molar-refractivity contribution in [3.63, 3.8) is 0 Å². The van der Waals surface area contributed by atoms with E-state index in [2.05, 4.69) is 15.3 Å². The maximum Gasteiger partial charge on any atom is 0.265 e. The minimum atomic E-state index is -0.694. The van der Waals surface area contributed by atoms with E-state index in [1.807, 2.05) is 37.3 Å². The second-order valence-corrected chi connectivity index (χ2v) is 7.81. The Morgan fingerprint density at radius 3 is 2.58 bits per heavy atom. The second-order valence-electron chi connectivity index (χ2n) is 7.81. The highest BCUT2D eigenvalue weighted by Gasteiger charge is 2.22. The molecule has 7 nitrogen and oxygen atoms in total. The normalized spacial score (nSPS) is 11.9. The van der Waals surface area contributed by atoms with Gasteiger partial charge in [0, 0.05) is 23.6 Å². The minimum Gasteiger partial charge on any atom is -0.394 e. The number of benzene rings is 2. The lowest BCUT2D eigenvalue weighted by Gasteiger charge is -2.19. The summed E-state index contributed by atoms with van der Waals surface area (Å²) < 4.78 is 15.8. The summed E-state index contributed by atoms with van der Waals surface area (Å²) >= 11 is 0. The fourth-order valence-corrected chi connectivity index (χ4v) is 3.68. The van der Waals surface area contributed by atoms with Gasteiger partial charge in [0.05, 0.1) is 18.3 Å². The Morgan fingerprint density at radius 2 is 1.91 bits per heavy atom. The summed E-state index contributed by atoms with van der Waals surface area (Å²) in [5, 5.41) is 13.3. The average molecular weight is 445 g/mol. The molecule has 4 N–H and O–H groups in total. The minimum absolute atomic E-state index is 0.181. The first kappa shape index (κ1) is 22.2. The van der Waals surface area contributed by atoms with Gasteiger partial charge in [-0.2, -0.15) is 0 Å². The van der Waals surface area contributed by atoms with Crippen LogP contribution in [0.4, 0.5) is 16.0 Å². The van der Waals surface area contributed by atoms with Crippen LogP contribution in [0.2, 0.25) is 0 Å². The molecule has 0 spiro atoms. The Balaban J connectivity index is 1.77. The molecule has 1 amide bonds. The first-order valence-electron chi connectivity index (χ1n) is 10.4. The largest absolute Gasteiger partial charge is 0.394 e. The number of rotatable bonds is 7. The third-order valence-electron chi connectivity index (χ3n) is 5.47. The molecule has 0 aliphatic heterocycles. The third kappa shape index (κ3) is 4.61. The summed E-state index contributed by atoms with van der Waals surface area (Å²) in [5.41, 5.74) is 9.71. The van der Waals surface area contributed by atoms with Gasteiger partial charge in [-0.3, -0.25) is 4.79 Å². The molecule has 0 radical (unpaired) electrons. The molecule has 0 saturated heterocycles. The molecule has 33 heavy (non-hydrogen) atoms. The highest BCUT2D eigenvalue weighted by molar-refractivity contribution is 5.93. The summed E-state index contributed by atoms with van der Waals surface area (Å²) in [4.78, 5) is 21.2. The van der Waals surface area contributed by atoms with Gasteiger partial charge in [0.15, 0.2) is 0 Å². The first-order chi connectivity index (χ1) is 15.9. The van der Waals surface area contributed by atoms with Crippen LogP contribution >= 0.6 is 0 Å². The van der Waals surface area contributed by atoms with E-state index in [1.54, 1.807) is 42.1 Å². The number of halogens is 1. The van der Waals surface area contributed by atoms with Gasteiger partial charge in [0.2, 0.25) is 5.95 Å². The van der Waals surface area contributed by atoms with E-state index in [1.165, 1.54) is 6.07 Å². The number of amides is 1. The van der Waals surface area contributed by atoms with Crippen LogP contribution in [0.3, 0.4) is 0 Å². The Labute approximate surface area is 190 Å². The number of carbonyl (C=O) groups is 1. The molecule has 8 heteroatoms. The summed E-state index contributed by atoms with van der Waals surface area (Å²) in [6, 6.07) is 15.2. The van der Waals surface area contributed by atoms with E-state index < -0.39 is 11.9 Å². The Bertz CT molecular complexity index is 1300. The van der Waals surface area contributed by atoms with Gasteiger partial charge in [-0.25, -0.2) is 14.4 Å². The van der Waals surface area contributed by atoms with Gasteiger partial charge in [-0.05, 0) is 54.8 Å². The number of carbonyl (C=O) groups excluding carboxylic acids is 1. The van der Waals surface area contributed by atoms with Crippen molar-refractivity contribution in [2.75, 3.05) is 11.9 Å². The molecule has 0 bridgehead atoms. The van der Waals surface area contributed by atoms with Crippen LogP contribution < -0.4 is 11.1 Å². The zero-order chi connectivity index (χ0) is 23.5. The quantitative estimate of drug-likeness (QED) is 0.397. The fourth-order valence-electron chi connectivity index (χ4n) is 3.68. The zero-order valence-electron chi connectivity index (χ0n) is 18.3. The standard InChI is InChI=1S/C25H24FN5O2/c1-15-8-9-17(10-20(15)26)22(14-32)31-13-18(11-21(31)24(27)33)23-16(2)12-28-25(30-23)29-19-6-4-3-5-7-19/h3-13,22,32H,14H2,1-2H3,(H2,27,33)(H,28,29,30). The van der Waals surface area contributed by atoms with E-state index >= 15 is 0 Å². The number of anilines is 2. The molecule has 1 atom stereocenters. The molecule has 1 unspecified atom stereocenters. The molecule has 0 aliphatic rings. The lowest BCUT2D eigenvalue weighted by molar-refractivity contribution is 0.0988. The summed E-state index contributed by atoms with van der Waals surface area (Å²) in [6.07, 6.45) is 3.38. The summed E-state index contributed by atoms with van der Waals surface area (Å²) in [5.74, 6) is -0.654. The van der Waals surface area contributed by atoms with Gasteiger partial charge in [-0.15, -0.1) is 0 Å². The molecule has 0 fully saturated rings. The maximum absolute atomic E-state index is 14.2. The lowest BCUT2D eigenvalue weighted by atomic mass is 10.0. The van der Waals surface area contributed by atoms with E-state index in [-0.39, 0.29) is 18.1 Å². The molecule has 2 aromatic carbocycles. The van der Waals surface area contributed by atoms with Crippen molar-refractivity contribution in [1.82, 2.24) is 14.5 Å². The molecular formula is C25H24FN5O2. The molecule has 4 aromatic rings. The number of hydrogen-bond acceptors (Lipinski definition) is 5. The van der Waals surface area contributed by atoms with Crippen LogP contribution in [0, 0.1) is 19.7 Å². The average Bonchev–Trinajstić information content (AvgIpc) is 3.24. The molecular weight excluding hydrogens is 421 g/mol. The Kier molecular flexibility index (Phi) is 6.19. The number of primary amides is 1. The number of hydrogen-bond donors (Lipinski definition) is 3. The van der Waals surface area contributed by atoms with Gasteiger partial charge in [-0.1, -0.05) is 30.3 Å². The van der Waals surface area contributed by atoms with Crippen LogP contribution in [-0.4, -0.2) is 32.2 Å². The van der Waals surface area contributed by atoms with Crippen molar-refractivity contribution in [2.24, 2.45) is 5.73 Å². The highest BCUT2D eigenvalue weighted by atomic mass is 19.1. The molecule has 0 saturated carbocycles. The van der Waals surface area contributed by atoms with Crippen LogP contribution in [0.1, 0.15) is 33.2 Å².